The molecule has 2 heteroatoms. The van der Waals surface area contributed by atoms with Gasteiger partial charge in [0.2, 0.25) is 0 Å². The Hall–Kier alpha value is -0.0800. The number of rotatable bonds is 3. The molecule has 82 valence electrons. The average molecular weight is 197 g/mol. The zero-order valence-electron chi connectivity index (χ0n) is 9.26. The maximum Gasteiger partial charge on any atom is 0.0743 e. The Bertz CT molecular complexity index is 206. The monoisotopic (exact) mass is 197 g/mol. The van der Waals surface area contributed by atoms with Crippen LogP contribution in [0.2, 0.25) is 0 Å². The van der Waals surface area contributed by atoms with Gasteiger partial charge in [0.15, 0.2) is 0 Å². The van der Waals surface area contributed by atoms with E-state index in [9.17, 15) is 5.11 Å². The van der Waals surface area contributed by atoms with Gasteiger partial charge in [-0.15, -0.1) is 0 Å². The summed E-state index contributed by atoms with van der Waals surface area (Å²) in [5.41, 5.74) is 5.63. The lowest BCUT2D eigenvalue weighted by Crippen LogP contribution is -2.61. The Balaban J connectivity index is 2.15. The zero-order valence-corrected chi connectivity index (χ0v) is 9.26. The van der Waals surface area contributed by atoms with Gasteiger partial charge in [0, 0.05) is 5.92 Å². The first-order valence-corrected chi connectivity index (χ1v) is 6.11. The fraction of sp³-hybridized carbons (Fsp3) is 1.00. The molecule has 3 N–H and O–H groups in total. The van der Waals surface area contributed by atoms with Gasteiger partial charge in [-0.05, 0) is 44.1 Å². The highest BCUT2D eigenvalue weighted by Crippen LogP contribution is 2.62. The lowest BCUT2D eigenvalue weighted by molar-refractivity contribution is -0.198. The molecule has 1 spiro atoms. The van der Waals surface area contributed by atoms with Gasteiger partial charge in [-0.1, -0.05) is 19.8 Å². The molecular weight excluding hydrogens is 174 g/mol. The Morgan fingerprint density at radius 2 is 1.86 bits per heavy atom. The SMILES string of the molecule is CCC(CN)C1(O)CCC12CCCC2. The van der Waals surface area contributed by atoms with Crippen molar-refractivity contribution in [1.29, 1.82) is 0 Å². The van der Waals surface area contributed by atoms with Crippen LogP contribution in [-0.4, -0.2) is 17.3 Å². The molecule has 14 heavy (non-hydrogen) atoms. The minimum atomic E-state index is -0.410. The van der Waals surface area contributed by atoms with Crippen LogP contribution in [0.1, 0.15) is 51.9 Å². The molecule has 0 aromatic carbocycles. The molecule has 0 aromatic rings. The third-order valence-corrected chi connectivity index (χ3v) is 4.92. The van der Waals surface area contributed by atoms with Gasteiger partial charge >= 0.3 is 0 Å². The molecule has 2 fully saturated rings. The first kappa shape index (κ1) is 10.4. The van der Waals surface area contributed by atoms with Gasteiger partial charge in [0.1, 0.15) is 0 Å². The van der Waals surface area contributed by atoms with Gasteiger partial charge in [-0.3, -0.25) is 0 Å². The van der Waals surface area contributed by atoms with E-state index in [2.05, 4.69) is 6.92 Å². The summed E-state index contributed by atoms with van der Waals surface area (Å²) in [5, 5.41) is 10.7. The first-order chi connectivity index (χ1) is 6.68. The number of aliphatic hydroxyl groups is 1. The largest absolute Gasteiger partial charge is 0.389 e. The highest BCUT2D eigenvalue weighted by molar-refractivity contribution is 5.12. The molecule has 0 radical (unpaired) electrons. The summed E-state index contributed by atoms with van der Waals surface area (Å²) in [6, 6.07) is 0. The molecule has 2 aliphatic carbocycles. The Kier molecular flexibility index (Phi) is 2.61. The quantitative estimate of drug-likeness (QED) is 0.727. The van der Waals surface area contributed by atoms with Crippen LogP contribution >= 0.6 is 0 Å². The van der Waals surface area contributed by atoms with Crippen molar-refractivity contribution >= 4 is 0 Å². The molecule has 0 saturated heterocycles. The van der Waals surface area contributed by atoms with Gasteiger partial charge in [0.05, 0.1) is 5.60 Å². The van der Waals surface area contributed by atoms with Crippen molar-refractivity contribution in [3.8, 4) is 0 Å². The number of hydrogen-bond acceptors (Lipinski definition) is 2. The molecule has 2 saturated carbocycles. The second-order valence-electron chi connectivity index (χ2n) is 5.25. The lowest BCUT2D eigenvalue weighted by atomic mass is 9.51. The minimum Gasteiger partial charge on any atom is -0.389 e. The lowest BCUT2D eigenvalue weighted by Gasteiger charge is -2.58. The highest BCUT2D eigenvalue weighted by Gasteiger charge is 2.61. The smallest absolute Gasteiger partial charge is 0.0743 e. The molecule has 2 atom stereocenters. The van der Waals surface area contributed by atoms with E-state index in [1.54, 1.807) is 0 Å². The van der Waals surface area contributed by atoms with Crippen LogP contribution in [0, 0.1) is 11.3 Å². The summed E-state index contributed by atoms with van der Waals surface area (Å²) in [6.07, 6.45) is 8.34. The van der Waals surface area contributed by atoms with Crippen LogP contribution in [0.4, 0.5) is 0 Å². The van der Waals surface area contributed by atoms with E-state index in [4.69, 9.17) is 5.73 Å². The van der Waals surface area contributed by atoms with Crippen molar-refractivity contribution < 1.29 is 5.11 Å². The summed E-state index contributed by atoms with van der Waals surface area (Å²) in [4.78, 5) is 0. The van der Waals surface area contributed by atoms with E-state index in [1.807, 2.05) is 0 Å². The van der Waals surface area contributed by atoms with Crippen molar-refractivity contribution in [2.45, 2.75) is 57.5 Å². The average Bonchev–Trinajstić information content (AvgIpc) is 2.69. The predicted octanol–water partition coefficient (Wildman–Crippen LogP) is 2.06. The van der Waals surface area contributed by atoms with Crippen LogP contribution in [0.3, 0.4) is 0 Å². The third-order valence-electron chi connectivity index (χ3n) is 4.92. The summed E-state index contributed by atoms with van der Waals surface area (Å²) in [7, 11) is 0. The van der Waals surface area contributed by atoms with Crippen LogP contribution < -0.4 is 5.73 Å². The molecule has 2 aliphatic rings. The van der Waals surface area contributed by atoms with Crippen LogP contribution in [0.5, 0.6) is 0 Å². The van der Waals surface area contributed by atoms with E-state index in [1.165, 1.54) is 32.1 Å². The third kappa shape index (κ3) is 1.17. The van der Waals surface area contributed by atoms with E-state index in [0.29, 0.717) is 12.5 Å². The summed E-state index contributed by atoms with van der Waals surface area (Å²) >= 11 is 0. The van der Waals surface area contributed by atoms with Crippen molar-refractivity contribution in [3.05, 3.63) is 0 Å². The predicted molar refractivity (Wildman–Crippen MR) is 57.9 cm³/mol. The standard InChI is InChI=1S/C12H23NO/c1-2-10(9-13)12(14)8-7-11(12)5-3-4-6-11/h10,14H,2-9,13H2,1H3. The second-order valence-corrected chi connectivity index (χ2v) is 5.25. The summed E-state index contributed by atoms with van der Waals surface area (Å²) < 4.78 is 0. The first-order valence-electron chi connectivity index (χ1n) is 6.11. The van der Waals surface area contributed by atoms with E-state index < -0.39 is 5.60 Å². The summed E-state index contributed by atoms with van der Waals surface area (Å²) in [5.74, 6) is 0.328. The van der Waals surface area contributed by atoms with Crippen molar-refractivity contribution in [2.24, 2.45) is 17.1 Å². The number of nitrogens with two attached hydrogens (primary N) is 1. The van der Waals surface area contributed by atoms with E-state index in [0.717, 1.165) is 12.8 Å². The van der Waals surface area contributed by atoms with Gasteiger partial charge < -0.3 is 10.8 Å². The van der Waals surface area contributed by atoms with Crippen molar-refractivity contribution in [3.63, 3.8) is 0 Å². The van der Waals surface area contributed by atoms with Gasteiger partial charge in [-0.2, -0.15) is 0 Å². The van der Waals surface area contributed by atoms with E-state index >= 15 is 0 Å². The fourth-order valence-corrected chi connectivity index (χ4v) is 3.81. The maximum atomic E-state index is 10.7. The minimum absolute atomic E-state index is 0.271. The van der Waals surface area contributed by atoms with Gasteiger partial charge in [0.25, 0.3) is 0 Å². The van der Waals surface area contributed by atoms with Crippen molar-refractivity contribution in [2.75, 3.05) is 6.54 Å². The molecule has 0 aliphatic heterocycles. The van der Waals surface area contributed by atoms with Crippen molar-refractivity contribution in [1.82, 2.24) is 0 Å². The topological polar surface area (TPSA) is 46.2 Å². The zero-order chi connectivity index (χ0) is 10.2. The molecule has 2 unspecified atom stereocenters. The van der Waals surface area contributed by atoms with Crippen LogP contribution in [0.25, 0.3) is 0 Å². The molecule has 0 heterocycles. The van der Waals surface area contributed by atoms with Gasteiger partial charge in [-0.25, -0.2) is 0 Å². The second kappa shape index (κ2) is 3.49. The number of hydrogen-bond donors (Lipinski definition) is 2. The van der Waals surface area contributed by atoms with Crippen LogP contribution in [0.15, 0.2) is 0 Å². The molecular formula is C12H23NO. The van der Waals surface area contributed by atoms with Crippen LogP contribution in [-0.2, 0) is 0 Å². The molecule has 2 rings (SSSR count). The fourth-order valence-electron chi connectivity index (χ4n) is 3.81. The molecule has 0 bridgehead atoms. The maximum absolute atomic E-state index is 10.7. The van der Waals surface area contributed by atoms with E-state index in [-0.39, 0.29) is 5.41 Å². The normalized spacial score (nSPS) is 37.1. The summed E-state index contributed by atoms with van der Waals surface area (Å²) in [6.45, 7) is 2.80. The molecule has 0 aromatic heterocycles. The highest BCUT2D eigenvalue weighted by atomic mass is 16.3. The Labute approximate surface area is 86.9 Å². The Morgan fingerprint density at radius 3 is 2.21 bits per heavy atom. The molecule has 0 amide bonds. The molecule has 2 nitrogen and oxygen atoms in total. The Morgan fingerprint density at radius 1 is 1.21 bits per heavy atom.